The molecular weight excluding hydrogens is 196 g/mol. The lowest BCUT2D eigenvalue weighted by Gasteiger charge is -2.39. The standard InChI is InChI=1S/C14H28N2/c1-11-6-12(2)8-14(7-11)16-5-4-15-9-13(3)10-16/h11-15H,4-10H2,1-3H3. The van der Waals surface area contributed by atoms with Crippen molar-refractivity contribution < 1.29 is 0 Å². The molecule has 94 valence electrons. The molecule has 2 heteroatoms. The van der Waals surface area contributed by atoms with Crippen molar-refractivity contribution in [1.82, 2.24) is 10.2 Å². The van der Waals surface area contributed by atoms with E-state index in [-0.39, 0.29) is 0 Å². The highest BCUT2D eigenvalue weighted by Crippen LogP contribution is 2.31. The van der Waals surface area contributed by atoms with Gasteiger partial charge in [-0.3, -0.25) is 4.90 Å². The van der Waals surface area contributed by atoms with Crippen LogP contribution in [0.15, 0.2) is 0 Å². The molecule has 16 heavy (non-hydrogen) atoms. The van der Waals surface area contributed by atoms with Gasteiger partial charge in [-0.15, -0.1) is 0 Å². The summed E-state index contributed by atoms with van der Waals surface area (Å²) < 4.78 is 0. The van der Waals surface area contributed by atoms with Crippen LogP contribution in [0.2, 0.25) is 0 Å². The molecule has 2 aliphatic rings. The lowest BCUT2D eigenvalue weighted by Crippen LogP contribution is -2.43. The summed E-state index contributed by atoms with van der Waals surface area (Å²) >= 11 is 0. The fraction of sp³-hybridized carbons (Fsp3) is 1.00. The highest BCUT2D eigenvalue weighted by molar-refractivity contribution is 4.84. The van der Waals surface area contributed by atoms with Gasteiger partial charge in [0, 0.05) is 25.7 Å². The van der Waals surface area contributed by atoms with Gasteiger partial charge < -0.3 is 5.32 Å². The molecule has 3 atom stereocenters. The minimum Gasteiger partial charge on any atom is -0.315 e. The number of nitrogens with one attached hydrogen (secondary N) is 1. The number of hydrogen-bond acceptors (Lipinski definition) is 2. The van der Waals surface area contributed by atoms with E-state index in [1.54, 1.807) is 0 Å². The van der Waals surface area contributed by atoms with Gasteiger partial charge in [0.1, 0.15) is 0 Å². The van der Waals surface area contributed by atoms with E-state index in [0.717, 1.165) is 23.8 Å². The zero-order valence-corrected chi connectivity index (χ0v) is 11.2. The second kappa shape index (κ2) is 5.50. The van der Waals surface area contributed by atoms with Gasteiger partial charge in [0.15, 0.2) is 0 Å². The molecule has 0 amide bonds. The van der Waals surface area contributed by atoms with Crippen LogP contribution in [-0.4, -0.2) is 37.1 Å². The molecule has 2 nitrogen and oxygen atoms in total. The van der Waals surface area contributed by atoms with E-state index in [0.29, 0.717) is 0 Å². The van der Waals surface area contributed by atoms with Gasteiger partial charge in [0.05, 0.1) is 0 Å². The minimum atomic E-state index is 0.815. The summed E-state index contributed by atoms with van der Waals surface area (Å²) in [6.45, 7) is 12.2. The van der Waals surface area contributed by atoms with Crippen LogP contribution in [-0.2, 0) is 0 Å². The van der Waals surface area contributed by atoms with Gasteiger partial charge in [0.25, 0.3) is 0 Å². The van der Waals surface area contributed by atoms with Crippen molar-refractivity contribution in [3.63, 3.8) is 0 Å². The van der Waals surface area contributed by atoms with Gasteiger partial charge >= 0.3 is 0 Å². The summed E-state index contributed by atoms with van der Waals surface area (Å²) in [5.74, 6) is 2.68. The van der Waals surface area contributed by atoms with Crippen LogP contribution in [0, 0.1) is 17.8 Å². The Labute approximate surface area is 101 Å². The van der Waals surface area contributed by atoms with E-state index in [9.17, 15) is 0 Å². The molecule has 0 bridgehead atoms. The average molecular weight is 224 g/mol. The largest absolute Gasteiger partial charge is 0.315 e. The topological polar surface area (TPSA) is 15.3 Å². The maximum atomic E-state index is 3.55. The first kappa shape index (κ1) is 12.4. The Hall–Kier alpha value is -0.0800. The zero-order valence-electron chi connectivity index (χ0n) is 11.2. The normalized spacial score (nSPS) is 42.9. The lowest BCUT2D eigenvalue weighted by atomic mass is 9.79. The SMILES string of the molecule is CC1CC(C)CC(N2CCNCC(C)C2)C1. The van der Waals surface area contributed by atoms with Crippen LogP contribution in [0.3, 0.4) is 0 Å². The minimum absolute atomic E-state index is 0.815. The Balaban J connectivity index is 1.93. The second-order valence-corrected chi connectivity index (χ2v) is 6.38. The summed E-state index contributed by atoms with van der Waals surface area (Å²) in [5.41, 5.74) is 0. The van der Waals surface area contributed by atoms with E-state index in [2.05, 4.69) is 31.0 Å². The molecule has 1 aliphatic heterocycles. The number of hydrogen-bond donors (Lipinski definition) is 1. The average Bonchev–Trinajstić information content (AvgIpc) is 2.41. The molecule has 2 rings (SSSR count). The second-order valence-electron chi connectivity index (χ2n) is 6.38. The van der Waals surface area contributed by atoms with Gasteiger partial charge in [-0.25, -0.2) is 0 Å². The number of rotatable bonds is 1. The predicted molar refractivity (Wildman–Crippen MR) is 69.6 cm³/mol. The van der Waals surface area contributed by atoms with E-state index < -0.39 is 0 Å². The van der Waals surface area contributed by atoms with Crippen LogP contribution < -0.4 is 5.32 Å². The quantitative estimate of drug-likeness (QED) is 0.735. The third-order valence-corrected chi connectivity index (χ3v) is 4.28. The molecule has 1 saturated carbocycles. The molecule has 0 spiro atoms. The van der Waals surface area contributed by atoms with Crippen molar-refractivity contribution in [2.24, 2.45) is 17.8 Å². The monoisotopic (exact) mass is 224 g/mol. The van der Waals surface area contributed by atoms with Crippen LogP contribution in [0.5, 0.6) is 0 Å². The summed E-state index contributed by atoms with van der Waals surface area (Å²) in [4.78, 5) is 2.76. The first-order valence-corrected chi connectivity index (χ1v) is 7.10. The van der Waals surface area contributed by atoms with Crippen molar-refractivity contribution in [3.8, 4) is 0 Å². The molecule has 0 aromatic rings. The Morgan fingerprint density at radius 2 is 1.62 bits per heavy atom. The van der Waals surface area contributed by atoms with Gasteiger partial charge in [-0.2, -0.15) is 0 Å². The Morgan fingerprint density at radius 1 is 0.938 bits per heavy atom. The molecule has 0 radical (unpaired) electrons. The van der Waals surface area contributed by atoms with Gasteiger partial charge in [-0.1, -0.05) is 20.8 Å². The van der Waals surface area contributed by atoms with Crippen molar-refractivity contribution in [2.45, 2.75) is 46.1 Å². The van der Waals surface area contributed by atoms with Gasteiger partial charge in [-0.05, 0) is 43.6 Å². The highest BCUT2D eigenvalue weighted by atomic mass is 15.2. The fourth-order valence-electron chi connectivity index (χ4n) is 3.66. The maximum Gasteiger partial charge on any atom is 0.0110 e. The summed E-state index contributed by atoms with van der Waals surface area (Å²) in [6, 6.07) is 0.862. The molecule has 2 fully saturated rings. The summed E-state index contributed by atoms with van der Waals surface area (Å²) in [7, 11) is 0. The molecule has 0 aromatic heterocycles. The molecule has 1 saturated heterocycles. The first-order valence-electron chi connectivity index (χ1n) is 7.10. The first-order chi connectivity index (χ1) is 7.65. The predicted octanol–water partition coefficient (Wildman–Crippen LogP) is 2.35. The van der Waals surface area contributed by atoms with Crippen LogP contribution in [0.25, 0.3) is 0 Å². The Bertz CT molecular complexity index is 207. The molecule has 1 aliphatic carbocycles. The zero-order chi connectivity index (χ0) is 11.5. The van der Waals surface area contributed by atoms with E-state index in [4.69, 9.17) is 0 Å². The molecule has 1 N–H and O–H groups in total. The van der Waals surface area contributed by atoms with Crippen molar-refractivity contribution in [1.29, 1.82) is 0 Å². The van der Waals surface area contributed by atoms with Crippen LogP contribution >= 0.6 is 0 Å². The molecule has 3 unspecified atom stereocenters. The molecule has 1 heterocycles. The molecule has 0 aromatic carbocycles. The molecular formula is C14H28N2. The van der Waals surface area contributed by atoms with E-state index in [1.807, 2.05) is 0 Å². The Kier molecular flexibility index (Phi) is 4.26. The number of nitrogens with zero attached hydrogens (tertiary/aromatic N) is 1. The highest BCUT2D eigenvalue weighted by Gasteiger charge is 2.29. The summed E-state index contributed by atoms with van der Waals surface area (Å²) in [6.07, 6.45) is 4.30. The van der Waals surface area contributed by atoms with Crippen molar-refractivity contribution in [3.05, 3.63) is 0 Å². The fourth-order valence-corrected chi connectivity index (χ4v) is 3.66. The van der Waals surface area contributed by atoms with Crippen molar-refractivity contribution >= 4 is 0 Å². The third kappa shape index (κ3) is 3.21. The van der Waals surface area contributed by atoms with Crippen molar-refractivity contribution in [2.75, 3.05) is 26.2 Å². The summed E-state index contributed by atoms with van der Waals surface area (Å²) in [5, 5.41) is 3.55. The van der Waals surface area contributed by atoms with Crippen LogP contribution in [0.1, 0.15) is 40.0 Å². The van der Waals surface area contributed by atoms with E-state index in [1.165, 1.54) is 45.4 Å². The lowest BCUT2D eigenvalue weighted by molar-refractivity contribution is 0.106. The van der Waals surface area contributed by atoms with E-state index >= 15 is 0 Å². The Morgan fingerprint density at radius 3 is 2.31 bits per heavy atom. The van der Waals surface area contributed by atoms with Gasteiger partial charge in [0.2, 0.25) is 0 Å². The smallest absolute Gasteiger partial charge is 0.0110 e. The van der Waals surface area contributed by atoms with Crippen LogP contribution in [0.4, 0.5) is 0 Å². The third-order valence-electron chi connectivity index (χ3n) is 4.28. The maximum absolute atomic E-state index is 3.55.